The van der Waals surface area contributed by atoms with Crippen LogP contribution < -0.4 is 0 Å². The lowest BCUT2D eigenvalue weighted by molar-refractivity contribution is -0.380. The highest BCUT2D eigenvalue weighted by Crippen LogP contribution is 2.34. The molecule has 43 heavy (non-hydrogen) atoms. The predicted octanol–water partition coefficient (Wildman–Crippen LogP) is -9.11. The van der Waals surface area contributed by atoms with Gasteiger partial charge in [-0.15, -0.1) is 0 Å². The summed E-state index contributed by atoms with van der Waals surface area (Å²) in [4.78, 5) is 0. The molecule has 4 aliphatic heterocycles. The molecule has 4 aliphatic rings. The van der Waals surface area contributed by atoms with Gasteiger partial charge in [0.1, 0.15) is 91.6 Å². The topological polar surface area (TPSA) is 328 Å². The Hall–Kier alpha value is -0.800. The zero-order valence-corrected chi connectivity index (χ0v) is 22.5. The fourth-order valence-corrected chi connectivity index (χ4v) is 5.24. The lowest BCUT2D eigenvalue weighted by Crippen LogP contribution is -2.65. The zero-order chi connectivity index (χ0) is 31.7. The van der Waals surface area contributed by atoms with E-state index < -0.39 is 143 Å². The standard InChI is InChI=1S/C23H40O20/c24-1-5-9(28)12(31)15(34)20(37-5)41-18-8(4-27)40-22(17(36)14(18)33)43-23-19(11(30)7(3-26)39-23)42-21-16(35)13(32)10(29)6(2-25)38-21/h5-36H,1-4H2/t5-,6-,7-,8-,9+,10-,11-,12+,13+,14-,15-,16-,17-,18-,19+,20+,21+,22-,23+/m1/s1. The highest BCUT2D eigenvalue weighted by Gasteiger charge is 2.55. The van der Waals surface area contributed by atoms with Crippen molar-refractivity contribution >= 4 is 0 Å². The van der Waals surface area contributed by atoms with Gasteiger partial charge in [-0.05, 0) is 0 Å². The molecule has 0 aromatic rings. The Kier molecular flexibility index (Phi) is 12.0. The summed E-state index contributed by atoms with van der Waals surface area (Å²) < 4.78 is 38.1. The second-order valence-electron chi connectivity index (χ2n) is 10.7. The molecule has 4 fully saturated rings. The third-order valence-electron chi connectivity index (χ3n) is 7.84. The molecule has 0 saturated carbocycles. The maximum Gasteiger partial charge on any atom is 0.190 e. The smallest absolute Gasteiger partial charge is 0.190 e. The molecule has 0 amide bonds. The van der Waals surface area contributed by atoms with E-state index in [1.54, 1.807) is 0 Å². The summed E-state index contributed by atoms with van der Waals surface area (Å²) in [6, 6.07) is 0. The molecular formula is C23H40O20. The van der Waals surface area contributed by atoms with E-state index in [1.807, 2.05) is 0 Å². The SMILES string of the molecule is OC[C@H]1O[C@@H](O[C@H]2[C@H](O)[C@@H](O)[C@@H](O[C@@H]3O[C@H](CO)[C@@H](O)[C@@H]3O[C@@H]3O[C@H](CO)[C@@H](O)[C@H](O)[C@H]3O)O[C@@H]2CO)[C@H](O)[C@@H](O)[C@H]1O. The van der Waals surface area contributed by atoms with Crippen LogP contribution in [0.5, 0.6) is 0 Å². The molecule has 0 aliphatic carbocycles. The van der Waals surface area contributed by atoms with Crippen LogP contribution in [0.25, 0.3) is 0 Å². The Bertz CT molecular complexity index is 865. The van der Waals surface area contributed by atoms with Gasteiger partial charge in [0, 0.05) is 0 Å². The van der Waals surface area contributed by atoms with Crippen molar-refractivity contribution in [2.75, 3.05) is 26.4 Å². The van der Waals surface area contributed by atoms with Crippen molar-refractivity contribution in [3.63, 3.8) is 0 Å². The number of hydrogen-bond acceptors (Lipinski definition) is 20. The molecule has 0 aromatic heterocycles. The first-order chi connectivity index (χ1) is 20.4. The Morgan fingerprint density at radius 2 is 0.674 bits per heavy atom. The molecule has 4 heterocycles. The normalized spacial score (nSPS) is 52.8. The number of hydrogen-bond donors (Lipinski definition) is 13. The molecule has 4 rings (SSSR count). The largest absolute Gasteiger partial charge is 0.394 e. The lowest BCUT2D eigenvalue weighted by Gasteiger charge is -2.46. The number of rotatable bonds is 10. The highest BCUT2D eigenvalue weighted by atomic mass is 16.8. The van der Waals surface area contributed by atoms with Crippen LogP contribution in [0, 0.1) is 0 Å². The minimum absolute atomic E-state index is 0.763. The summed E-state index contributed by atoms with van der Waals surface area (Å²) in [5, 5.41) is 131. The van der Waals surface area contributed by atoms with Gasteiger partial charge in [-0.2, -0.15) is 0 Å². The van der Waals surface area contributed by atoms with Crippen molar-refractivity contribution in [2.24, 2.45) is 0 Å². The zero-order valence-electron chi connectivity index (χ0n) is 22.5. The van der Waals surface area contributed by atoms with Gasteiger partial charge in [-0.25, -0.2) is 0 Å². The summed E-state index contributed by atoms with van der Waals surface area (Å²) in [5.74, 6) is 0. The van der Waals surface area contributed by atoms with E-state index in [0.29, 0.717) is 0 Å². The van der Waals surface area contributed by atoms with E-state index in [4.69, 9.17) is 33.2 Å². The Morgan fingerprint density at radius 1 is 0.326 bits per heavy atom. The van der Waals surface area contributed by atoms with E-state index in [-0.39, 0.29) is 0 Å². The van der Waals surface area contributed by atoms with Gasteiger partial charge in [0.25, 0.3) is 0 Å². The van der Waals surface area contributed by atoms with Crippen LogP contribution in [-0.2, 0) is 33.2 Å². The maximum absolute atomic E-state index is 10.8. The molecule has 20 heteroatoms. The molecule has 0 bridgehead atoms. The molecule has 13 N–H and O–H groups in total. The van der Waals surface area contributed by atoms with Crippen LogP contribution in [0.4, 0.5) is 0 Å². The second-order valence-corrected chi connectivity index (χ2v) is 10.7. The minimum Gasteiger partial charge on any atom is -0.394 e. The van der Waals surface area contributed by atoms with Gasteiger partial charge in [0.15, 0.2) is 25.2 Å². The summed E-state index contributed by atoms with van der Waals surface area (Å²) in [5.41, 5.74) is 0. The van der Waals surface area contributed by atoms with E-state index in [9.17, 15) is 66.4 Å². The Labute approximate surface area is 243 Å². The van der Waals surface area contributed by atoms with Crippen molar-refractivity contribution in [1.82, 2.24) is 0 Å². The average Bonchev–Trinajstić information content (AvgIpc) is 3.30. The van der Waals surface area contributed by atoms with E-state index in [0.717, 1.165) is 0 Å². The molecule has 20 nitrogen and oxygen atoms in total. The minimum atomic E-state index is -1.99. The molecule has 0 unspecified atom stereocenters. The molecule has 19 atom stereocenters. The first kappa shape index (κ1) is 35.1. The molecule has 4 saturated heterocycles. The molecule has 0 radical (unpaired) electrons. The molecule has 0 aromatic carbocycles. The van der Waals surface area contributed by atoms with E-state index in [1.165, 1.54) is 0 Å². The fourth-order valence-electron chi connectivity index (χ4n) is 5.24. The monoisotopic (exact) mass is 636 g/mol. The highest BCUT2D eigenvalue weighted by molar-refractivity contribution is 4.96. The summed E-state index contributed by atoms with van der Waals surface area (Å²) in [6.45, 7) is -3.18. The Morgan fingerprint density at radius 3 is 1.14 bits per heavy atom. The van der Waals surface area contributed by atoms with Crippen LogP contribution in [0.3, 0.4) is 0 Å². The summed E-state index contributed by atoms with van der Waals surface area (Å²) >= 11 is 0. The lowest BCUT2D eigenvalue weighted by atomic mass is 9.97. The van der Waals surface area contributed by atoms with Crippen molar-refractivity contribution in [3.8, 4) is 0 Å². The van der Waals surface area contributed by atoms with Gasteiger partial charge >= 0.3 is 0 Å². The van der Waals surface area contributed by atoms with Crippen molar-refractivity contribution in [3.05, 3.63) is 0 Å². The van der Waals surface area contributed by atoms with Gasteiger partial charge in [-0.1, -0.05) is 0 Å². The van der Waals surface area contributed by atoms with Gasteiger partial charge in [0.05, 0.1) is 26.4 Å². The molecular weight excluding hydrogens is 596 g/mol. The fraction of sp³-hybridized carbons (Fsp3) is 1.00. The van der Waals surface area contributed by atoms with E-state index >= 15 is 0 Å². The second kappa shape index (κ2) is 14.7. The maximum atomic E-state index is 10.8. The van der Waals surface area contributed by atoms with Gasteiger partial charge < -0.3 is 99.5 Å². The third kappa shape index (κ3) is 6.99. The summed E-state index contributed by atoms with van der Waals surface area (Å²) in [7, 11) is 0. The summed E-state index contributed by atoms with van der Waals surface area (Å²) in [6.07, 6.45) is -32.3. The van der Waals surface area contributed by atoms with Crippen LogP contribution >= 0.6 is 0 Å². The van der Waals surface area contributed by atoms with Crippen LogP contribution in [0.1, 0.15) is 0 Å². The van der Waals surface area contributed by atoms with E-state index in [2.05, 4.69) is 0 Å². The van der Waals surface area contributed by atoms with Crippen molar-refractivity contribution in [2.45, 2.75) is 117 Å². The van der Waals surface area contributed by atoms with Crippen LogP contribution in [0.2, 0.25) is 0 Å². The van der Waals surface area contributed by atoms with Gasteiger partial charge in [0.2, 0.25) is 0 Å². The predicted molar refractivity (Wildman–Crippen MR) is 128 cm³/mol. The molecule has 252 valence electrons. The number of ether oxygens (including phenoxy) is 7. The molecule has 0 spiro atoms. The van der Waals surface area contributed by atoms with Crippen LogP contribution in [-0.4, -0.2) is 210 Å². The quantitative estimate of drug-likeness (QED) is 0.106. The van der Waals surface area contributed by atoms with Crippen LogP contribution in [0.15, 0.2) is 0 Å². The Balaban J connectivity index is 1.46. The number of aliphatic hydroxyl groups excluding tert-OH is 13. The van der Waals surface area contributed by atoms with Crippen molar-refractivity contribution in [1.29, 1.82) is 0 Å². The first-order valence-electron chi connectivity index (χ1n) is 13.5. The average molecular weight is 637 g/mol. The first-order valence-corrected chi connectivity index (χ1v) is 13.5. The third-order valence-corrected chi connectivity index (χ3v) is 7.84. The van der Waals surface area contributed by atoms with Crippen molar-refractivity contribution < 1.29 is 99.5 Å². The number of aliphatic hydroxyl groups is 13. The van der Waals surface area contributed by atoms with Gasteiger partial charge in [-0.3, -0.25) is 0 Å².